The molecular formula is C6H9F6N2P. The summed E-state index contributed by atoms with van der Waals surface area (Å²) in [6, 6.07) is 0. The van der Waals surface area contributed by atoms with Crippen molar-refractivity contribution >= 4 is 14.4 Å². The van der Waals surface area contributed by atoms with Gasteiger partial charge in [0.05, 0.1) is 13.2 Å². The van der Waals surface area contributed by atoms with Crippen molar-refractivity contribution in [2.24, 2.45) is 7.05 Å². The van der Waals surface area contributed by atoms with Crippen molar-refractivity contribution in [3.8, 4) is 0 Å². The van der Waals surface area contributed by atoms with Gasteiger partial charge in [-0.1, -0.05) is 6.58 Å². The molecule has 0 aromatic carbocycles. The third-order valence-corrected chi connectivity index (χ3v) is 1.00. The van der Waals surface area contributed by atoms with Crippen LogP contribution in [-0.2, 0) is 7.05 Å². The van der Waals surface area contributed by atoms with Crippen molar-refractivity contribution in [1.82, 2.24) is 4.57 Å². The van der Waals surface area contributed by atoms with Gasteiger partial charge in [0.25, 0.3) is 0 Å². The van der Waals surface area contributed by atoms with Crippen LogP contribution < -0.4 is 9.27 Å². The molecule has 0 spiro atoms. The molecule has 0 saturated carbocycles. The number of aromatic nitrogens is 2. The Bertz CT molecular complexity index is 298. The van der Waals surface area contributed by atoms with Crippen LogP contribution in [0, 0.1) is 0 Å². The average molecular weight is 254 g/mol. The fourth-order valence-electron chi connectivity index (χ4n) is 0.577. The molecule has 1 rings (SSSR count). The van der Waals surface area contributed by atoms with Crippen LogP contribution in [0.25, 0.3) is 6.20 Å². The van der Waals surface area contributed by atoms with Crippen molar-refractivity contribution in [3.05, 3.63) is 25.3 Å². The van der Waals surface area contributed by atoms with Gasteiger partial charge < -0.3 is 4.70 Å². The van der Waals surface area contributed by atoms with Gasteiger partial charge >= 0.3 is 29.1 Å². The molecule has 2 nitrogen and oxygen atoms in total. The summed E-state index contributed by atoms with van der Waals surface area (Å²) in [5, 5.41) is 0. The number of halogens is 6. The normalized spacial score (nSPS) is 12.5. The zero-order valence-electron chi connectivity index (χ0n) is 7.63. The SMILES string of the molecule is C=Cn1cc[n+](C)c1.FP(F)(F)(F)F.[F-]. The summed E-state index contributed by atoms with van der Waals surface area (Å²) in [5.41, 5.74) is 0. The van der Waals surface area contributed by atoms with Crippen molar-refractivity contribution in [2.75, 3.05) is 0 Å². The third kappa shape index (κ3) is 15.7. The van der Waals surface area contributed by atoms with Gasteiger partial charge in [-0.25, -0.2) is 9.13 Å². The van der Waals surface area contributed by atoms with Crippen LogP contribution in [0.1, 0.15) is 0 Å². The maximum absolute atomic E-state index is 9.84. The fraction of sp³-hybridized carbons (Fsp3) is 0.167. The van der Waals surface area contributed by atoms with Crippen molar-refractivity contribution in [1.29, 1.82) is 0 Å². The number of rotatable bonds is 1. The van der Waals surface area contributed by atoms with Gasteiger partial charge in [-0.15, -0.1) is 0 Å². The second-order valence-electron chi connectivity index (χ2n) is 2.35. The molecule has 0 N–H and O–H groups in total. The zero-order chi connectivity index (χ0) is 11.4. The van der Waals surface area contributed by atoms with Crippen LogP contribution >= 0.6 is 8.16 Å². The molecule has 0 aliphatic rings. The minimum Gasteiger partial charge on any atom is -1.00 e. The summed E-state index contributed by atoms with van der Waals surface area (Å²) in [5.74, 6) is 0. The molecule has 90 valence electrons. The van der Waals surface area contributed by atoms with E-state index in [1.807, 2.05) is 34.9 Å². The quantitative estimate of drug-likeness (QED) is 0.389. The summed E-state index contributed by atoms with van der Waals surface area (Å²) in [6.07, 6.45) is 7.58. The van der Waals surface area contributed by atoms with Gasteiger partial charge in [0.1, 0.15) is 12.4 Å². The largest absolute Gasteiger partial charge is 1.00 e. The Balaban J connectivity index is 0. The van der Waals surface area contributed by atoms with Crippen molar-refractivity contribution in [2.45, 2.75) is 0 Å². The first-order valence-electron chi connectivity index (χ1n) is 3.32. The van der Waals surface area contributed by atoms with Crippen LogP contribution in [0.3, 0.4) is 0 Å². The van der Waals surface area contributed by atoms with Gasteiger partial charge in [-0.2, -0.15) is 0 Å². The topological polar surface area (TPSA) is 8.81 Å². The molecule has 9 heteroatoms. The van der Waals surface area contributed by atoms with E-state index >= 15 is 0 Å². The second-order valence-corrected chi connectivity index (χ2v) is 3.63. The molecule has 0 atom stereocenters. The van der Waals surface area contributed by atoms with E-state index < -0.39 is 8.16 Å². The molecule has 0 radical (unpaired) electrons. The Morgan fingerprint density at radius 3 is 1.80 bits per heavy atom. The molecule has 15 heavy (non-hydrogen) atoms. The molecule has 0 unspecified atom stereocenters. The molecule has 1 aromatic heterocycles. The summed E-state index contributed by atoms with van der Waals surface area (Å²) in [4.78, 5) is 0. The number of nitrogens with zero attached hydrogens (tertiary/aromatic N) is 2. The Labute approximate surface area is 82.5 Å². The number of aryl methyl sites for hydroxylation is 1. The van der Waals surface area contributed by atoms with E-state index in [0.29, 0.717) is 0 Å². The minimum atomic E-state index is -8.55. The van der Waals surface area contributed by atoms with E-state index in [4.69, 9.17) is 0 Å². The van der Waals surface area contributed by atoms with Crippen LogP contribution in [0.5, 0.6) is 0 Å². The first-order valence-corrected chi connectivity index (χ1v) is 5.02. The summed E-state index contributed by atoms with van der Waals surface area (Å²) < 4.78 is 53.0. The van der Waals surface area contributed by atoms with E-state index in [1.165, 1.54) is 0 Å². The Morgan fingerprint density at radius 1 is 1.27 bits per heavy atom. The van der Waals surface area contributed by atoms with Crippen molar-refractivity contribution < 1.29 is 30.3 Å². The van der Waals surface area contributed by atoms with Gasteiger partial charge in [0.15, 0.2) is 0 Å². The Kier molecular flexibility index (Phi) is 5.64. The van der Waals surface area contributed by atoms with Crippen LogP contribution in [0.4, 0.5) is 21.0 Å². The van der Waals surface area contributed by atoms with Gasteiger partial charge in [0, 0.05) is 0 Å². The molecule has 0 amide bonds. The molecule has 0 aliphatic carbocycles. The van der Waals surface area contributed by atoms with Crippen molar-refractivity contribution in [3.63, 3.8) is 0 Å². The van der Waals surface area contributed by atoms with Gasteiger partial charge in [-0.05, 0) is 0 Å². The van der Waals surface area contributed by atoms with E-state index in [2.05, 4.69) is 6.58 Å². The first-order chi connectivity index (χ1) is 6.06. The molecule has 1 heterocycles. The number of hydrogen-bond donors (Lipinski definition) is 0. The summed E-state index contributed by atoms with van der Waals surface area (Å²) in [6.45, 7) is 3.59. The van der Waals surface area contributed by atoms with E-state index in [0.717, 1.165) is 0 Å². The molecule has 1 aromatic rings. The zero-order valence-corrected chi connectivity index (χ0v) is 8.52. The van der Waals surface area contributed by atoms with E-state index in [1.54, 1.807) is 6.20 Å². The third-order valence-electron chi connectivity index (χ3n) is 1.00. The Hall–Kier alpha value is -1.04. The van der Waals surface area contributed by atoms with Crippen LogP contribution in [0.15, 0.2) is 25.3 Å². The molecule has 0 aliphatic heterocycles. The molecule has 0 saturated heterocycles. The average Bonchev–Trinajstić information content (AvgIpc) is 2.29. The van der Waals surface area contributed by atoms with E-state index in [-0.39, 0.29) is 4.70 Å². The smallest absolute Gasteiger partial charge is 1.00 e. The fourth-order valence-corrected chi connectivity index (χ4v) is 0.577. The van der Waals surface area contributed by atoms with Crippen LogP contribution in [0.2, 0.25) is 0 Å². The van der Waals surface area contributed by atoms with Gasteiger partial charge in [0.2, 0.25) is 6.33 Å². The summed E-state index contributed by atoms with van der Waals surface area (Å²) in [7, 11) is -6.58. The van der Waals surface area contributed by atoms with Crippen LogP contribution in [-0.4, -0.2) is 4.57 Å². The number of hydrogen-bond acceptors (Lipinski definition) is 0. The molecule has 0 bridgehead atoms. The molecule has 0 fully saturated rings. The first kappa shape index (κ1) is 16.4. The standard InChI is InChI=1S/C6H9N2.F5P.FH/c1-3-8-5-4-7(2)6-8;1-6(2,3,4)5;/h3-6H,1H2,2H3;;1H/q+1;;/p-1. The summed E-state index contributed by atoms with van der Waals surface area (Å²) >= 11 is 0. The predicted molar refractivity (Wildman–Crippen MR) is 44.5 cm³/mol. The van der Waals surface area contributed by atoms with E-state index in [9.17, 15) is 21.0 Å². The minimum absolute atomic E-state index is 0. The van der Waals surface area contributed by atoms with Gasteiger partial charge in [-0.3, -0.25) is 0 Å². The Morgan fingerprint density at radius 2 is 1.67 bits per heavy atom. The monoisotopic (exact) mass is 254 g/mol. The predicted octanol–water partition coefficient (Wildman–Crippen LogP) is 0.379. The second kappa shape index (κ2) is 5.16. The maximum atomic E-state index is 9.84. The molecular weight excluding hydrogens is 245 g/mol. The maximum Gasteiger partial charge on any atom is -1.00 e. The number of imidazole rings is 1.